The zero-order chi connectivity index (χ0) is 18.3. The fourth-order valence-corrected chi connectivity index (χ4v) is 4.00. The predicted octanol–water partition coefficient (Wildman–Crippen LogP) is 2.14. The number of rotatable bonds is 2. The summed E-state index contributed by atoms with van der Waals surface area (Å²) < 4.78 is 16.8. The largest absolute Gasteiger partial charge is 0.340 e. The van der Waals surface area contributed by atoms with Crippen LogP contribution >= 0.6 is 0 Å². The van der Waals surface area contributed by atoms with E-state index < -0.39 is 11.6 Å². The molecule has 4 rings (SSSR count). The quantitative estimate of drug-likeness (QED) is 0.826. The number of aryl methyl sites for hydroxylation is 1. The summed E-state index contributed by atoms with van der Waals surface area (Å²) in [5.41, 5.74) is -0.565. The molecular weight excluding hydrogens is 335 g/mol. The van der Waals surface area contributed by atoms with Crippen molar-refractivity contribution in [1.29, 1.82) is 0 Å². The van der Waals surface area contributed by atoms with Gasteiger partial charge in [-0.15, -0.1) is 0 Å². The van der Waals surface area contributed by atoms with E-state index in [1.165, 1.54) is 0 Å². The Bertz CT molecular complexity index is 848. The Morgan fingerprint density at radius 3 is 2.38 bits per heavy atom. The Hall–Kier alpha value is -2.44. The number of carbonyl (C=O) groups excluding carboxylic acids is 2. The summed E-state index contributed by atoms with van der Waals surface area (Å²) in [6.45, 7) is 1.76. The van der Waals surface area contributed by atoms with Gasteiger partial charge in [0.05, 0.1) is 5.52 Å². The minimum absolute atomic E-state index is 0.0544. The Labute approximate surface area is 151 Å². The maximum Gasteiger partial charge on any atom is 0.275 e. The first-order valence-electron chi connectivity index (χ1n) is 9.19. The highest BCUT2D eigenvalue weighted by Gasteiger charge is 2.45. The summed E-state index contributed by atoms with van der Waals surface area (Å²) in [5, 5.41) is 5.15. The molecule has 2 fully saturated rings. The summed E-state index contributed by atoms with van der Waals surface area (Å²) in [5.74, 6) is -0.595. The van der Waals surface area contributed by atoms with Crippen LogP contribution in [0.5, 0.6) is 0 Å². The number of benzene rings is 1. The SMILES string of the molecule is Cn1nc(C(=O)N2CCC(F)(C(=O)N3CCCC3)CC2)c2ccccc21. The molecule has 0 saturated carbocycles. The first-order chi connectivity index (χ1) is 12.5. The molecule has 2 aromatic rings. The number of aromatic nitrogens is 2. The van der Waals surface area contributed by atoms with Crippen molar-refractivity contribution in [2.45, 2.75) is 31.4 Å². The predicted molar refractivity (Wildman–Crippen MR) is 95.5 cm³/mol. The van der Waals surface area contributed by atoms with E-state index in [1.807, 2.05) is 24.3 Å². The highest BCUT2D eigenvalue weighted by atomic mass is 19.1. The summed E-state index contributed by atoms with van der Waals surface area (Å²) >= 11 is 0. The lowest BCUT2D eigenvalue weighted by Crippen LogP contribution is -2.52. The van der Waals surface area contributed by atoms with E-state index in [9.17, 15) is 9.59 Å². The van der Waals surface area contributed by atoms with Crippen LogP contribution in [0.15, 0.2) is 24.3 Å². The standard InChI is InChI=1S/C19H23FN4O2/c1-22-15-7-3-2-6-14(15)16(21-22)17(25)23-12-8-19(20,9-13-23)18(26)24-10-4-5-11-24/h2-3,6-7H,4-5,8-13H2,1H3. The fourth-order valence-electron chi connectivity index (χ4n) is 4.00. The van der Waals surface area contributed by atoms with Crippen LogP contribution in [0, 0.1) is 0 Å². The molecule has 6 nitrogen and oxygen atoms in total. The number of fused-ring (bicyclic) bond motifs is 1. The fraction of sp³-hybridized carbons (Fsp3) is 0.526. The van der Waals surface area contributed by atoms with E-state index in [0.29, 0.717) is 18.8 Å². The number of amides is 2. The third kappa shape index (κ3) is 2.75. The summed E-state index contributed by atoms with van der Waals surface area (Å²) in [6.07, 6.45) is 2.00. The molecule has 0 atom stereocenters. The van der Waals surface area contributed by atoms with E-state index in [-0.39, 0.29) is 31.8 Å². The van der Waals surface area contributed by atoms with Gasteiger partial charge in [0.1, 0.15) is 0 Å². The van der Waals surface area contributed by atoms with Crippen LogP contribution in [-0.2, 0) is 11.8 Å². The molecule has 1 aromatic carbocycles. The van der Waals surface area contributed by atoms with Crippen molar-refractivity contribution in [3.8, 4) is 0 Å². The lowest BCUT2D eigenvalue weighted by atomic mass is 9.91. The van der Waals surface area contributed by atoms with Gasteiger partial charge in [-0.1, -0.05) is 18.2 Å². The highest BCUT2D eigenvalue weighted by molar-refractivity contribution is 6.05. The van der Waals surface area contributed by atoms with Crippen LogP contribution in [0.25, 0.3) is 10.9 Å². The van der Waals surface area contributed by atoms with Gasteiger partial charge in [-0.3, -0.25) is 14.3 Å². The number of hydrogen-bond acceptors (Lipinski definition) is 3. The molecule has 1 aromatic heterocycles. The monoisotopic (exact) mass is 358 g/mol. The first kappa shape index (κ1) is 17.0. The molecule has 0 bridgehead atoms. The maximum atomic E-state index is 15.2. The molecule has 3 heterocycles. The molecule has 26 heavy (non-hydrogen) atoms. The Kier molecular flexibility index (Phi) is 4.17. The lowest BCUT2D eigenvalue weighted by molar-refractivity contribution is -0.145. The van der Waals surface area contributed by atoms with Crippen molar-refractivity contribution in [2.24, 2.45) is 7.05 Å². The Morgan fingerprint density at radius 2 is 1.69 bits per heavy atom. The average Bonchev–Trinajstić information content (AvgIpc) is 3.30. The maximum absolute atomic E-state index is 15.2. The van der Waals surface area contributed by atoms with Gasteiger partial charge in [0.2, 0.25) is 0 Å². The van der Waals surface area contributed by atoms with Gasteiger partial charge in [-0.25, -0.2) is 4.39 Å². The second kappa shape index (κ2) is 6.37. The molecule has 0 radical (unpaired) electrons. The van der Waals surface area contributed by atoms with Crippen molar-refractivity contribution in [3.05, 3.63) is 30.0 Å². The minimum atomic E-state index is -1.84. The summed E-state index contributed by atoms with van der Waals surface area (Å²) in [4.78, 5) is 28.6. The number of halogens is 1. The van der Waals surface area contributed by atoms with Gasteiger partial charge in [0.25, 0.3) is 11.8 Å². The van der Waals surface area contributed by atoms with Crippen LogP contribution in [0.1, 0.15) is 36.2 Å². The van der Waals surface area contributed by atoms with Crippen LogP contribution in [0.2, 0.25) is 0 Å². The smallest absolute Gasteiger partial charge is 0.275 e. The third-order valence-electron chi connectivity index (χ3n) is 5.58. The van der Waals surface area contributed by atoms with E-state index >= 15 is 4.39 Å². The molecular formula is C19H23FN4O2. The Balaban J connectivity index is 1.49. The number of hydrogen-bond donors (Lipinski definition) is 0. The molecule has 0 N–H and O–H groups in total. The minimum Gasteiger partial charge on any atom is -0.340 e. The first-order valence-corrected chi connectivity index (χ1v) is 9.19. The van der Waals surface area contributed by atoms with E-state index in [4.69, 9.17) is 0 Å². The number of nitrogens with zero attached hydrogens (tertiary/aromatic N) is 4. The van der Waals surface area contributed by atoms with Crippen molar-refractivity contribution < 1.29 is 14.0 Å². The molecule has 2 amide bonds. The van der Waals surface area contributed by atoms with Crippen molar-refractivity contribution >= 4 is 22.7 Å². The van der Waals surface area contributed by atoms with E-state index in [2.05, 4.69) is 5.10 Å². The van der Waals surface area contributed by atoms with Crippen LogP contribution in [0.3, 0.4) is 0 Å². The molecule has 0 aliphatic carbocycles. The number of alkyl halides is 1. The molecule has 0 spiro atoms. The zero-order valence-corrected chi connectivity index (χ0v) is 14.9. The van der Waals surface area contributed by atoms with Gasteiger partial charge < -0.3 is 9.80 Å². The second-order valence-corrected chi connectivity index (χ2v) is 7.25. The zero-order valence-electron chi connectivity index (χ0n) is 14.9. The second-order valence-electron chi connectivity index (χ2n) is 7.25. The summed E-state index contributed by atoms with van der Waals surface area (Å²) in [6, 6.07) is 7.56. The topological polar surface area (TPSA) is 58.4 Å². The number of para-hydroxylation sites is 1. The normalized spacial score (nSPS) is 19.9. The molecule has 2 aliphatic rings. The number of piperidine rings is 1. The van der Waals surface area contributed by atoms with Gasteiger partial charge in [0, 0.05) is 51.5 Å². The highest BCUT2D eigenvalue weighted by Crippen LogP contribution is 2.31. The van der Waals surface area contributed by atoms with Crippen LogP contribution in [0.4, 0.5) is 4.39 Å². The molecule has 7 heteroatoms. The lowest BCUT2D eigenvalue weighted by Gasteiger charge is -2.37. The number of likely N-dealkylation sites (tertiary alicyclic amines) is 2. The average molecular weight is 358 g/mol. The van der Waals surface area contributed by atoms with E-state index in [0.717, 1.165) is 23.7 Å². The van der Waals surface area contributed by atoms with Gasteiger partial charge in [-0.05, 0) is 18.9 Å². The Morgan fingerprint density at radius 1 is 1.04 bits per heavy atom. The molecule has 2 saturated heterocycles. The van der Waals surface area contributed by atoms with E-state index in [1.54, 1.807) is 21.5 Å². The van der Waals surface area contributed by atoms with Crippen molar-refractivity contribution in [2.75, 3.05) is 26.2 Å². The van der Waals surface area contributed by atoms with Gasteiger partial charge >= 0.3 is 0 Å². The molecule has 138 valence electrons. The van der Waals surface area contributed by atoms with Crippen LogP contribution in [-0.4, -0.2) is 63.2 Å². The molecule has 0 unspecified atom stereocenters. The van der Waals surface area contributed by atoms with Crippen molar-refractivity contribution in [3.63, 3.8) is 0 Å². The summed E-state index contributed by atoms with van der Waals surface area (Å²) in [7, 11) is 1.80. The van der Waals surface area contributed by atoms with Gasteiger partial charge in [0.15, 0.2) is 11.4 Å². The van der Waals surface area contributed by atoms with Crippen molar-refractivity contribution in [1.82, 2.24) is 19.6 Å². The third-order valence-corrected chi connectivity index (χ3v) is 5.58. The van der Waals surface area contributed by atoms with Gasteiger partial charge in [-0.2, -0.15) is 5.10 Å². The van der Waals surface area contributed by atoms with Crippen LogP contribution < -0.4 is 0 Å². The molecule has 2 aliphatic heterocycles. The number of carbonyl (C=O) groups is 2.